The van der Waals surface area contributed by atoms with Crippen molar-refractivity contribution in [2.75, 3.05) is 19.6 Å². The number of alkyl halides is 1. The zero-order valence-corrected chi connectivity index (χ0v) is 12.8. The highest BCUT2D eigenvalue weighted by atomic mass is 35.5. The van der Waals surface area contributed by atoms with Crippen LogP contribution in [-0.2, 0) is 0 Å². The second kappa shape index (κ2) is 7.86. The zero-order chi connectivity index (χ0) is 13.0. The van der Waals surface area contributed by atoms with Crippen molar-refractivity contribution < 1.29 is 4.39 Å². The van der Waals surface area contributed by atoms with E-state index in [0.717, 1.165) is 18.7 Å². The van der Waals surface area contributed by atoms with Crippen molar-refractivity contribution in [3.63, 3.8) is 0 Å². The number of benzene rings is 1. The molecule has 1 heterocycles. The fraction of sp³-hybridized carbons (Fsp3) is 0.625. The minimum Gasteiger partial charge on any atom is -0.300 e. The number of nitrogens with zero attached hydrogens (tertiary/aromatic N) is 1. The van der Waals surface area contributed by atoms with Gasteiger partial charge in [0.15, 0.2) is 0 Å². The summed E-state index contributed by atoms with van der Waals surface area (Å²) in [6.07, 6.45) is 2.90. The van der Waals surface area contributed by atoms with Crippen molar-refractivity contribution in [2.45, 2.75) is 45.2 Å². The molecule has 1 nitrogen and oxygen atoms in total. The maximum Gasteiger partial charge on any atom is 0.138 e. The van der Waals surface area contributed by atoms with Crippen LogP contribution in [-0.4, -0.2) is 24.5 Å². The van der Waals surface area contributed by atoms with Gasteiger partial charge in [-0.25, -0.2) is 4.39 Å². The largest absolute Gasteiger partial charge is 0.300 e. The van der Waals surface area contributed by atoms with Gasteiger partial charge in [-0.2, -0.15) is 0 Å². The number of piperidine rings is 1. The number of hydrogen-bond donors (Lipinski definition) is 0. The van der Waals surface area contributed by atoms with Gasteiger partial charge in [-0.3, -0.25) is 0 Å². The van der Waals surface area contributed by atoms with Crippen LogP contribution in [0.3, 0.4) is 0 Å². The Hall–Kier alpha value is -0.600. The molecular weight excluding hydrogens is 261 g/mol. The van der Waals surface area contributed by atoms with E-state index in [4.69, 9.17) is 0 Å². The molecule has 108 valence electrons. The zero-order valence-electron chi connectivity index (χ0n) is 11.9. The molecule has 1 aliphatic rings. The SMILES string of the molecule is CC(C)c1ccc(C(F)CN2CCCCC2)cc1.Cl. The molecule has 0 aromatic heterocycles. The Morgan fingerprint density at radius 2 is 1.53 bits per heavy atom. The van der Waals surface area contributed by atoms with Gasteiger partial charge in [0.1, 0.15) is 6.17 Å². The molecule has 1 aliphatic heterocycles. The fourth-order valence-electron chi connectivity index (χ4n) is 2.56. The standard InChI is InChI=1S/C16H24FN.ClH/c1-13(2)14-6-8-15(9-7-14)16(17)12-18-10-4-3-5-11-18;/h6-9,13,16H,3-5,10-12H2,1-2H3;1H. The lowest BCUT2D eigenvalue weighted by Gasteiger charge is -2.27. The first-order chi connectivity index (χ1) is 8.66. The average Bonchev–Trinajstić information content (AvgIpc) is 2.40. The van der Waals surface area contributed by atoms with E-state index in [9.17, 15) is 4.39 Å². The molecule has 1 unspecified atom stereocenters. The van der Waals surface area contributed by atoms with Gasteiger partial charge in [0.05, 0.1) is 0 Å². The van der Waals surface area contributed by atoms with Crippen LogP contribution in [0.1, 0.15) is 56.3 Å². The van der Waals surface area contributed by atoms with Gasteiger partial charge in [-0.15, -0.1) is 12.4 Å². The molecule has 2 rings (SSSR count). The van der Waals surface area contributed by atoms with Crippen molar-refractivity contribution in [1.82, 2.24) is 4.90 Å². The molecule has 1 fully saturated rings. The van der Waals surface area contributed by atoms with E-state index in [0.29, 0.717) is 12.5 Å². The molecular formula is C16H25ClFN. The Labute approximate surface area is 122 Å². The molecule has 19 heavy (non-hydrogen) atoms. The lowest BCUT2D eigenvalue weighted by atomic mass is 10.00. The van der Waals surface area contributed by atoms with Crippen molar-refractivity contribution in [2.24, 2.45) is 0 Å². The first-order valence-corrected chi connectivity index (χ1v) is 7.13. The third kappa shape index (κ3) is 4.77. The van der Waals surface area contributed by atoms with E-state index in [-0.39, 0.29) is 12.4 Å². The van der Waals surface area contributed by atoms with E-state index < -0.39 is 6.17 Å². The molecule has 3 heteroatoms. The van der Waals surface area contributed by atoms with E-state index >= 15 is 0 Å². The van der Waals surface area contributed by atoms with Crippen LogP contribution in [0.4, 0.5) is 4.39 Å². The summed E-state index contributed by atoms with van der Waals surface area (Å²) in [6.45, 7) is 7.00. The molecule has 0 bridgehead atoms. The van der Waals surface area contributed by atoms with Gasteiger partial charge < -0.3 is 4.90 Å². The van der Waals surface area contributed by atoms with Gasteiger partial charge in [-0.1, -0.05) is 44.5 Å². The van der Waals surface area contributed by atoms with Gasteiger partial charge in [0.25, 0.3) is 0 Å². The van der Waals surface area contributed by atoms with Crippen LogP contribution in [0.5, 0.6) is 0 Å². The van der Waals surface area contributed by atoms with Crippen molar-refractivity contribution in [3.05, 3.63) is 35.4 Å². The number of rotatable bonds is 4. The Kier molecular flexibility index (Phi) is 6.81. The first kappa shape index (κ1) is 16.5. The van der Waals surface area contributed by atoms with Crippen LogP contribution in [0, 0.1) is 0 Å². The molecule has 0 aliphatic carbocycles. The summed E-state index contributed by atoms with van der Waals surface area (Å²) in [5.74, 6) is 0.513. The Morgan fingerprint density at radius 1 is 1.00 bits per heavy atom. The monoisotopic (exact) mass is 285 g/mol. The summed E-state index contributed by atoms with van der Waals surface area (Å²) in [4.78, 5) is 2.25. The van der Waals surface area contributed by atoms with Crippen LogP contribution in [0.15, 0.2) is 24.3 Å². The molecule has 1 saturated heterocycles. The van der Waals surface area contributed by atoms with Gasteiger partial charge in [0.2, 0.25) is 0 Å². The third-order valence-corrected chi connectivity index (χ3v) is 3.83. The number of likely N-dealkylation sites (tertiary alicyclic amines) is 1. The van der Waals surface area contributed by atoms with Gasteiger partial charge >= 0.3 is 0 Å². The van der Waals surface area contributed by atoms with Crippen molar-refractivity contribution in [1.29, 1.82) is 0 Å². The number of hydrogen-bond acceptors (Lipinski definition) is 1. The molecule has 0 spiro atoms. The number of halogens is 2. The van der Waals surface area contributed by atoms with Crippen LogP contribution in [0.25, 0.3) is 0 Å². The second-order valence-corrected chi connectivity index (χ2v) is 5.65. The third-order valence-electron chi connectivity index (χ3n) is 3.83. The fourth-order valence-corrected chi connectivity index (χ4v) is 2.56. The maximum absolute atomic E-state index is 14.2. The van der Waals surface area contributed by atoms with E-state index in [1.54, 1.807) is 0 Å². The van der Waals surface area contributed by atoms with E-state index in [2.05, 4.69) is 30.9 Å². The van der Waals surface area contributed by atoms with Crippen LogP contribution in [0.2, 0.25) is 0 Å². The lowest BCUT2D eigenvalue weighted by molar-refractivity contribution is 0.167. The Bertz CT molecular complexity index is 358. The lowest BCUT2D eigenvalue weighted by Crippen LogP contribution is -2.32. The van der Waals surface area contributed by atoms with Crippen LogP contribution >= 0.6 is 12.4 Å². The Morgan fingerprint density at radius 3 is 2.05 bits per heavy atom. The molecule has 0 radical (unpaired) electrons. The van der Waals surface area contributed by atoms with Crippen molar-refractivity contribution in [3.8, 4) is 0 Å². The van der Waals surface area contributed by atoms with Crippen molar-refractivity contribution >= 4 is 12.4 Å². The Balaban J connectivity index is 0.00000180. The first-order valence-electron chi connectivity index (χ1n) is 7.13. The molecule has 0 saturated carbocycles. The minimum atomic E-state index is -0.843. The van der Waals surface area contributed by atoms with Gasteiger partial charge in [-0.05, 0) is 43.0 Å². The van der Waals surface area contributed by atoms with E-state index in [1.807, 2.05) is 12.1 Å². The predicted molar refractivity (Wildman–Crippen MR) is 81.9 cm³/mol. The summed E-state index contributed by atoms with van der Waals surface area (Å²) in [7, 11) is 0. The topological polar surface area (TPSA) is 3.24 Å². The summed E-state index contributed by atoms with van der Waals surface area (Å²) < 4.78 is 14.2. The highest BCUT2D eigenvalue weighted by Gasteiger charge is 2.17. The van der Waals surface area contributed by atoms with E-state index in [1.165, 1.54) is 24.8 Å². The van der Waals surface area contributed by atoms with Gasteiger partial charge in [0, 0.05) is 6.54 Å². The summed E-state index contributed by atoms with van der Waals surface area (Å²) in [5.41, 5.74) is 2.11. The highest BCUT2D eigenvalue weighted by Crippen LogP contribution is 2.23. The summed E-state index contributed by atoms with van der Waals surface area (Å²) in [5, 5.41) is 0. The molecule has 1 atom stereocenters. The predicted octanol–water partition coefficient (Wildman–Crippen LogP) is 4.73. The molecule has 1 aromatic carbocycles. The minimum absolute atomic E-state index is 0. The quantitative estimate of drug-likeness (QED) is 0.773. The smallest absolute Gasteiger partial charge is 0.138 e. The molecule has 0 amide bonds. The summed E-state index contributed by atoms with van der Waals surface area (Å²) >= 11 is 0. The normalized spacial score (nSPS) is 18.1. The molecule has 0 N–H and O–H groups in total. The molecule has 1 aromatic rings. The maximum atomic E-state index is 14.2. The average molecular weight is 286 g/mol. The second-order valence-electron chi connectivity index (χ2n) is 5.65. The summed E-state index contributed by atoms with van der Waals surface area (Å²) in [6, 6.07) is 8.01. The highest BCUT2D eigenvalue weighted by molar-refractivity contribution is 5.85. The van der Waals surface area contributed by atoms with Crippen LogP contribution < -0.4 is 0 Å².